The standard InChI is InChI=1S/C25H29N3O2/c29-24-12-9-19-5-1-2-6-23(19)28(24)22-13-17-27(18-14-22)25(30)20-7-10-21(11-8-20)26-15-3-4-16-26/h1-2,5-8,10-11,22H,3-4,9,12-18H2. The first kappa shape index (κ1) is 19.2. The van der Waals surface area contributed by atoms with Gasteiger partial charge in [-0.1, -0.05) is 18.2 Å². The molecule has 0 N–H and O–H groups in total. The number of benzene rings is 2. The van der Waals surface area contributed by atoms with Crippen LogP contribution in [0.15, 0.2) is 48.5 Å². The van der Waals surface area contributed by atoms with E-state index >= 15 is 0 Å². The lowest BCUT2D eigenvalue weighted by Crippen LogP contribution is -2.50. The minimum atomic E-state index is 0.104. The highest BCUT2D eigenvalue weighted by Gasteiger charge is 2.33. The molecule has 0 atom stereocenters. The van der Waals surface area contributed by atoms with E-state index in [0.29, 0.717) is 19.5 Å². The minimum absolute atomic E-state index is 0.104. The Morgan fingerprint density at radius 1 is 0.833 bits per heavy atom. The summed E-state index contributed by atoms with van der Waals surface area (Å²) in [5.74, 6) is 0.322. The minimum Gasteiger partial charge on any atom is -0.372 e. The third-order valence-corrected chi connectivity index (χ3v) is 6.83. The molecule has 30 heavy (non-hydrogen) atoms. The lowest BCUT2D eigenvalue weighted by molar-refractivity contribution is -0.119. The number of nitrogens with zero attached hydrogens (tertiary/aromatic N) is 3. The van der Waals surface area contributed by atoms with Crippen LogP contribution in [0.5, 0.6) is 0 Å². The van der Waals surface area contributed by atoms with Gasteiger partial charge in [0.2, 0.25) is 5.91 Å². The molecule has 156 valence electrons. The third-order valence-electron chi connectivity index (χ3n) is 6.83. The number of fused-ring (bicyclic) bond motifs is 1. The average molecular weight is 404 g/mol. The lowest BCUT2D eigenvalue weighted by Gasteiger charge is -2.41. The van der Waals surface area contributed by atoms with Gasteiger partial charge >= 0.3 is 0 Å². The van der Waals surface area contributed by atoms with Crippen molar-refractivity contribution in [3.63, 3.8) is 0 Å². The first-order chi connectivity index (χ1) is 14.7. The number of rotatable bonds is 3. The van der Waals surface area contributed by atoms with Gasteiger partial charge in [0.15, 0.2) is 0 Å². The van der Waals surface area contributed by atoms with E-state index in [4.69, 9.17) is 0 Å². The van der Waals surface area contributed by atoms with E-state index in [0.717, 1.165) is 43.6 Å². The summed E-state index contributed by atoms with van der Waals surface area (Å²) in [5, 5.41) is 0. The molecule has 5 heteroatoms. The molecule has 0 spiro atoms. The second-order valence-electron chi connectivity index (χ2n) is 8.66. The summed E-state index contributed by atoms with van der Waals surface area (Å²) in [5.41, 5.74) is 4.30. The van der Waals surface area contributed by atoms with Crippen molar-refractivity contribution < 1.29 is 9.59 Å². The molecule has 2 fully saturated rings. The van der Waals surface area contributed by atoms with Gasteiger partial charge in [0.1, 0.15) is 0 Å². The smallest absolute Gasteiger partial charge is 0.253 e. The van der Waals surface area contributed by atoms with Crippen molar-refractivity contribution >= 4 is 23.2 Å². The fraction of sp³-hybridized carbons (Fsp3) is 0.440. The molecule has 3 aliphatic heterocycles. The van der Waals surface area contributed by atoms with Crippen LogP contribution in [0.4, 0.5) is 11.4 Å². The van der Waals surface area contributed by atoms with Crippen LogP contribution in [0.25, 0.3) is 0 Å². The number of anilines is 2. The summed E-state index contributed by atoms with van der Waals surface area (Å²) in [6, 6.07) is 16.5. The quantitative estimate of drug-likeness (QED) is 0.781. The van der Waals surface area contributed by atoms with Crippen LogP contribution in [0.2, 0.25) is 0 Å². The molecule has 3 aliphatic rings. The molecule has 5 nitrogen and oxygen atoms in total. The molecule has 0 unspecified atom stereocenters. The van der Waals surface area contributed by atoms with E-state index in [1.54, 1.807) is 0 Å². The molecule has 2 aromatic carbocycles. The summed E-state index contributed by atoms with van der Waals surface area (Å²) in [6.07, 6.45) is 5.57. The molecular formula is C25H29N3O2. The second-order valence-corrected chi connectivity index (χ2v) is 8.66. The number of carbonyl (C=O) groups is 2. The highest BCUT2D eigenvalue weighted by atomic mass is 16.2. The maximum Gasteiger partial charge on any atom is 0.253 e. The Morgan fingerprint density at radius 2 is 1.53 bits per heavy atom. The largest absolute Gasteiger partial charge is 0.372 e. The van der Waals surface area contributed by atoms with Crippen LogP contribution in [0, 0.1) is 0 Å². The van der Waals surface area contributed by atoms with Crippen LogP contribution < -0.4 is 9.80 Å². The lowest BCUT2D eigenvalue weighted by atomic mass is 9.95. The van der Waals surface area contributed by atoms with Gasteiger partial charge in [-0.05, 0) is 68.0 Å². The summed E-state index contributed by atoms with van der Waals surface area (Å²) >= 11 is 0. The number of hydrogen-bond acceptors (Lipinski definition) is 3. The summed E-state index contributed by atoms with van der Waals surface area (Å²) in [6.45, 7) is 3.62. The van der Waals surface area contributed by atoms with E-state index in [1.165, 1.54) is 24.1 Å². The molecule has 0 bridgehead atoms. The maximum absolute atomic E-state index is 13.0. The van der Waals surface area contributed by atoms with E-state index in [-0.39, 0.29) is 17.9 Å². The fourth-order valence-corrected chi connectivity index (χ4v) is 5.15. The van der Waals surface area contributed by atoms with Gasteiger partial charge in [-0.25, -0.2) is 0 Å². The number of para-hydroxylation sites is 1. The first-order valence-corrected chi connectivity index (χ1v) is 11.2. The van der Waals surface area contributed by atoms with E-state index in [1.807, 2.05) is 34.1 Å². The first-order valence-electron chi connectivity index (χ1n) is 11.2. The average Bonchev–Trinajstić information content (AvgIpc) is 3.34. The Kier molecular flexibility index (Phi) is 5.19. The number of carbonyl (C=O) groups excluding carboxylic acids is 2. The van der Waals surface area contributed by atoms with Crippen LogP contribution in [-0.2, 0) is 11.2 Å². The monoisotopic (exact) mass is 403 g/mol. The summed E-state index contributed by atoms with van der Waals surface area (Å²) in [4.78, 5) is 32.0. The number of hydrogen-bond donors (Lipinski definition) is 0. The number of piperidine rings is 1. The Balaban J connectivity index is 1.24. The zero-order valence-electron chi connectivity index (χ0n) is 17.4. The van der Waals surface area contributed by atoms with Crippen LogP contribution in [0.3, 0.4) is 0 Å². The van der Waals surface area contributed by atoms with Crippen molar-refractivity contribution in [2.24, 2.45) is 0 Å². The molecular weight excluding hydrogens is 374 g/mol. The van der Waals surface area contributed by atoms with Crippen LogP contribution >= 0.6 is 0 Å². The molecule has 0 aromatic heterocycles. The van der Waals surface area contributed by atoms with Gasteiger partial charge in [0.25, 0.3) is 5.91 Å². The SMILES string of the molecule is O=C(c1ccc(N2CCCC2)cc1)N1CCC(N2C(=O)CCc3ccccc32)CC1. The van der Waals surface area contributed by atoms with Gasteiger partial charge in [-0.3, -0.25) is 9.59 Å². The van der Waals surface area contributed by atoms with Crippen molar-refractivity contribution in [3.05, 3.63) is 59.7 Å². The van der Waals surface area contributed by atoms with E-state index in [2.05, 4.69) is 29.2 Å². The van der Waals surface area contributed by atoms with Crippen molar-refractivity contribution in [1.29, 1.82) is 0 Å². The number of aryl methyl sites for hydroxylation is 1. The molecule has 3 heterocycles. The van der Waals surface area contributed by atoms with Crippen LogP contribution in [-0.4, -0.2) is 48.9 Å². The van der Waals surface area contributed by atoms with Crippen molar-refractivity contribution in [1.82, 2.24) is 4.90 Å². The van der Waals surface area contributed by atoms with Gasteiger partial charge in [-0.2, -0.15) is 0 Å². The Hall–Kier alpha value is -2.82. The van der Waals surface area contributed by atoms with Gasteiger partial charge in [0.05, 0.1) is 0 Å². The van der Waals surface area contributed by atoms with E-state index in [9.17, 15) is 9.59 Å². The second kappa shape index (κ2) is 8.13. The predicted octanol–water partition coefficient (Wildman–Crippen LogP) is 3.87. The summed E-state index contributed by atoms with van der Waals surface area (Å²) < 4.78 is 0. The molecule has 2 aromatic rings. The van der Waals surface area contributed by atoms with Gasteiger partial charge in [-0.15, -0.1) is 0 Å². The van der Waals surface area contributed by atoms with Gasteiger partial charge in [0, 0.05) is 55.6 Å². The highest BCUT2D eigenvalue weighted by Crippen LogP contribution is 2.32. The fourth-order valence-electron chi connectivity index (χ4n) is 5.15. The van der Waals surface area contributed by atoms with E-state index < -0.39 is 0 Å². The topological polar surface area (TPSA) is 43.9 Å². The van der Waals surface area contributed by atoms with Crippen LogP contribution in [0.1, 0.15) is 48.0 Å². The predicted molar refractivity (Wildman–Crippen MR) is 119 cm³/mol. The van der Waals surface area contributed by atoms with Crippen molar-refractivity contribution in [2.75, 3.05) is 36.0 Å². The van der Waals surface area contributed by atoms with Crippen molar-refractivity contribution in [2.45, 2.75) is 44.6 Å². The van der Waals surface area contributed by atoms with Gasteiger partial charge < -0.3 is 14.7 Å². The molecule has 2 saturated heterocycles. The Bertz CT molecular complexity index is 926. The zero-order valence-corrected chi connectivity index (χ0v) is 17.4. The number of amides is 2. The highest BCUT2D eigenvalue weighted by molar-refractivity contribution is 5.97. The molecule has 5 rings (SSSR count). The molecule has 0 radical (unpaired) electrons. The Labute approximate surface area is 178 Å². The molecule has 2 amide bonds. The Morgan fingerprint density at radius 3 is 2.27 bits per heavy atom. The summed E-state index contributed by atoms with van der Waals surface area (Å²) in [7, 11) is 0. The zero-order chi connectivity index (χ0) is 20.5. The molecule has 0 aliphatic carbocycles. The third kappa shape index (κ3) is 3.57. The molecule has 0 saturated carbocycles. The normalized spacial score (nSPS) is 19.9. The maximum atomic E-state index is 13.0. The van der Waals surface area contributed by atoms with Crippen molar-refractivity contribution in [3.8, 4) is 0 Å². The number of likely N-dealkylation sites (tertiary alicyclic amines) is 1.